The summed E-state index contributed by atoms with van der Waals surface area (Å²) in [4.78, 5) is 0. The number of nitrogens with one attached hydrogen (secondary N) is 1. The van der Waals surface area contributed by atoms with Crippen LogP contribution in [0.15, 0.2) is 36.5 Å². The quantitative estimate of drug-likeness (QED) is 0.749. The van der Waals surface area contributed by atoms with Gasteiger partial charge in [-0.1, -0.05) is 25.6 Å². The Morgan fingerprint density at radius 2 is 2.29 bits per heavy atom. The van der Waals surface area contributed by atoms with Gasteiger partial charge < -0.3 is 10.4 Å². The summed E-state index contributed by atoms with van der Waals surface area (Å²) in [5.74, 6) is 0. The van der Waals surface area contributed by atoms with Crippen LogP contribution in [-0.2, 0) is 6.42 Å². The van der Waals surface area contributed by atoms with E-state index in [0.717, 1.165) is 23.4 Å². The van der Waals surface area contributed by atoms with E-state index in [0.29, 0.717) is 6.42 Å². The number of benzene rings is 1. The third-order valence-corrected chi connectivity index (χ3v) is 2.08. The van der Waals surface area contributed by atoms with Crippen molar-refractivity contribution in [2.75, 3.05) is 11.9 Å². The maximum Gasteiger partial charge on any atom is 0.0471 e. The van der Waals surface area contributed by atoms with Gasteiger partial charge in [0.05, 0.1) is 0 Å². The Labute approximate surface area is 85.3 Å². The molecule has 0 radical (unpaired) electrons. The van der Waals surface area contributed by atoms with Gasteiger partial charge in [-0.15, -0.1) is 0 Å². The predicted molar refractivity (Wildman–Crippen MR) is 60.3 cm³/mol. The van der Waals surface area contributed by atoms with Gasteiger partial charge in [0, 0.05) is 18.0 Å². The fraction of sp³-hybridized carbons (Fsp3) is 0.333. The predicted octanol–water partition coefficient (Wildman–Crippen LogP) is 2.56. The Kier molecular flexibility index (Phi) is 4.20. The second-order valence-corrected chi connectivity index (χ2v) is 3.26. The first-order valence-corrected chi connectivity index (χ1v) is 4.91. The highest BCUT2D eigenvalue weighted by Crippen LogP contribution is 2.13. The van der Waals surface area contributed by atoms with E-state index in [9.17, 15) is 0 Å². The SMILES string of the molecule is C=C(CC)Nc1cccc(CCO)c1. The second-order valence-electron chi connectivity index (χ2n) is 3.26. The summed E-state index contributed by atoms with van der Waals surface area (Å²) >= 11 is 0. The molecule has 0 aromatic heterocycles. The van der Waals surface area contributed by atoms with Crippen molar-refractivity contribution in [3.63, 3.8) is 0 Å². The Balaban J connectivity index is 2.68. The minimum Gasteiger partial charge on any atom is -0.396 e. The number of aliphatic hydroxyl groups excluding tert-OH is 1. The summed E-state index contributed by atoms with van der Waals surface area (Å²) in [5, 5.41) is 12.0. The molecule has 76 valence electrons. The van der Waals surface area contributed by atoms with E-state index >= 15 is 0 Å². The molecule has 0 amide bonds. The van der Waals surface area contributed by atoms with Gasteiger partial charge in [0.25, 0.3) is 0 Å². The lowest BCUT2D eigenvalue weighted by atomic mass is 10.1. The van der Waals surface area contributed by atoms with Gasteiger partial charge >= 0.3 is 0 Å². The molecule has 0 aliphatic heterocycles. The van der Waals surface area contributed by atoms with Gasteiger partial charge in [0.2, 0.25) is 0 Å². The van der Waals surface area contributed by atoms with Crippen LogP contribution in [0.2, 0.25) is 0 Å². The molecule has 0 heterocycles. The lowest BCUT2D eigenvalue weighted by Crippen LogP contribution is -1.98. The van der Waals surface area contributed by atoms with Gasteiger partial charge in [-0.2, -0.15) is 0 Å². The van der Waals surface area contributed by atoms with Crippen molar-refractivity contribution in [3.8, 4) is 0 Å². The van der Waals surface area contributed by atoms with Crippen LogP contribution in [0.25, 0.3) is 0 Å². The summed E-state index contributed by atoms with van der Waals surface area (Å²) in [7, 11) is 0. The van der Waals surface area contributed by atoms with Gasteiger partial charge in [-0.3, -0.25) is 0 Å². The zero-order chi connectivity index (χ0) is 10.4. The number of hydrogen-bond acceptors (Lipinski definition) is 2. The maximum absolute atomic E-state index is 8.80. The third-order valence-electron chi connectivity index (χ3n) is 2.08. The molecular formula is C12H17NO. The van der Waals surface area contributed by atoms with Crippen molar-refractivity contribution >= 4 is 5.69 Å². The summed E-state index contributed by atoms with van der Waals surface area (Å²) < 4.78 is 0. The van der Waals surface area contributed by atoms with Crippen LogP contribution in [-0.4, -0.2) is 11.7 Å². The van der Waals surface area contributed by atoms with Crippen molar-refractivity contribution in [1.29, 1.82) is 0 Å². The van der Waals surface area contributed by atoms with Crippen molar-refractivity contribution < 1.29 is 5.11 Å². The van der Waals surface area contributed by atoms with E-state index < -0.39 is 0 Å². The standard InChI is InChI=1S/C12H17NO/c1-3-10(2)13-12-6-4-5-11(9-12)7-8-14/h4-6,9,13-14H,2-3,7-8H2,1H3. The molecule has 0 spiro atoms. The molecule has 14 heavy (non-hydrogen) atoms. The smallest absolute Gasteiger partial charge is 0.0471 e. The minimum absolute atomic E-state index is 0.193. The highest BCUT2D eigenvalue weighted by atomic mass is 16.2. The van der Waals surface area contributed by atoms with Crippen LogP contribution < -0.4 is 5.32 Å². The molecule has 0 aliphatic carbocycles. The molecule has 0 saturated carbocycles. The largest absolute Gasteiger partial charge is 0.396 e. The molecule has 2 nitrogen and oxygen atoms in total. The average Bonchev–Trinajstić information content (AvgIpc) is 2.19. The van der Waals surface area contributed by atoms with Crippen molar-refractivity contribution in [2.24, 2.45) is 0 Å². The number of allylic oxidation sites excluding steroid dienone is 1. The van der Waals surface area contributed by atoms with Crippen LogP contribution in [0.4, 0.5) is 5.69 Å². The first kappa shape index (κ1) is 10.8. The first-order chi connectivity index (χ1) is 6.76. The van der Waals surface area contributed by atoms with Gasteiger partial charge in [0.15, 0.2) is 0 Å². The van der Waals surface area contributed by atoms with E-state index in [1.165, 1.54) is 0 Å². The fourth-order valence-corrected chi connectivity index (χ4v) is 1.23. The Bertz CT molecular complexity index is 307. The topological polar surface area (TPSA) is 32.3 Å². The Hall–Kier alpha value is -1.28. The van der Waals surface area contributed by atoms with Crippen LogP contribution >= 0.6 is 0 Å². The van der Waals surface area contributed by atoms with E-state index in [1.54, 1.807) is 0 Å². The third kappa shape index (κ3) is 3.23. The lowest BCUT2D eigenvalue weighted by Gasteiger charge is -2.08. The molecule has 1 aromatic carbocycles. The molecule has 2 heteroatoms. The number of hydrogen-bond donors (Lipinski definition) is 2. The number of anilines is 1. The van der Waals surface area contributed by atoms with Crippen LogP contribution in [0, 0.1) is 0 Å². The summed E-state index contributed by atoms with van der Waals surface area (Å²) in [5.41, 5.74) is 3.19. The van der Waals surface area contributed by atoms with Crippen LogP contribution in [0.1, 0.15) is 18.9 Å². The summed E-state index contributed by atoms with van der Waals surface area (Å²) in [6, 6.07) is 8.03. The molecule has 1 rings (SSSR count). The normalized spacial score (nSPS) is 9.86. The van der Waals surface area contributed by atoms with Gasteiger partial charge in [-0.05, 0) is 30.5 Å². The molecule has 2 N–H and O–H groups in total. The number of aliphatic hydroxyl groups is 1. The minimum atomic E-state index is 0.193. The highest BCUT2D eigenvalue weighted by molar-refractivity contribution is 5.49. The van der Waals surface area contributed by atoms with E-state index in [2.05, 4.69) is 18.8 Å². The highest BCUT2D eigenvalue weighted by Gasteiger charge is 1.96. The molecule has 0 atom stereocenters. The average molecular weight is 191 g/mol. The summed E-state index contributed by atoms with van der Waals surface area (Å²) in [6.07, 6.45) is 1.62. The van der Waals surface area contributed by atoms with Crippen molar-refractivity contribution in [2.45, 2.75) is 19.8 Å². The number of rotatable bonds is 5. The lowest BCUT2D eigenvalue weighted by molar-refractivity contribution is 0.299. The maximum atomic E-state index is 8.80. The molecule has 1 aromatic rings. The van der Waals surface area contributed by atoms with Gasteiger partial charge in [0.1, 0.15) is 0 Å². The zero-order valence-electron chi connectivity index (χ0n) is 8.59. The van der Waals surface area contributed by atoms with Crippen molar-refractivity contribution in [1.82, 2.24) is 0 Å². The van der Waals surface area contributed by atoms with E-state index in [4.69, 9.17) is 5.11 Å². The molecule has 0 unspecified atom stereocenters. The second kappa shape index (κ2) is 5.45. The molecule has 0 saturated heterocycles. The first-order valence-electron chi connectivity index (χ1n) is 4.91. The molecule has 0 bridgehead atoms. The Morgan fingerprint density at radius 3 is 2.93 bits per heavy atom. The van der Waals surface area contributed by atoms with Gasteiger partial charge in [-0.25, -0.2) is 0 Å². The Morgan fingerprint density at radius 1 is 1.50 bits per heavy atom. The monoisotopic (exact) mass is 191 g/mol. The molecular weight excluding hydrogens is 174 g/mol. The fourth-order valence-electron chi connectivity index (χ4n) is 1.23. The van der Waals surface area contributed by atoms with Crippen LogP contribution in [0.3, 0.4) is 0 Å². The summed E-state index contributed by atoms with van der Waals surface area (Å²) in [6.45, 7) is 6.14. The van der Waals surface area contributed by atoms with Crippen molar-refractivity contribution in [3.05, 3.63) is 42.1 Å². The molecule has 0 aliphatic rings. The van der Waals surface area contributed by atoms with Crippen LogP contribution in [0.5, 0.6) is 0 Å². The zero-order valence-corrected chi connectivity index (χ0v) is 8.59. The molecule has 0 fully saturated rings. The van der Waals surface area contributed by atoms with E-state index in [-0.39, 0.29) is 6.61 Å². The van der Waals surface area contributed by atoms with E-state index in [1.807, 2.05) is 24.3 Å².